The molecule has 2 N–H and O–H groups in total. The van der Waals surface area contributed by atoms with Gasteiger partial charge in [0.25, 0.3) is 0 Å². The Labute approximate surface area is 191 Å². The molecule has 1 aromatic rings. The van der Waals surface area contributed by atoms with Gasteiger partial charge in [-0.05, 0) is 63.8 Å². The summed E-state index contributed by atoms with van der Waals surface area (Å²) in [6, 6.07) is 2.83. The van der Waals surface area contributed by atoms with Gasteiger partial charge in [0, 0.05) is 11.3 Å². The second-order valence-corrected chi connectivity index (χ2v) is 10.5. The van der Waals surface area contributed by atoms with E-state index < -0.39 is 23.8 Å². The molecule has 0 aliphatic rings. The normalized spacial score (nSPS) is 13.5. The lowest BCUT2D eigenvalue weighted by Gasteiger charge is -2.26. The van der Waals surface area contributed by atoms with Gasteiger partial charge in [0.2, 0.25) is 5.91 Å². The van der Waals surface area contributed by atoms with Crippen LogP contribution < -0.4 is 10.6 Å². The number of ether oxygens (including phenoxy) is 1. The smallest absolute Gasteiger partial charge is 0.408 e. The third kappa shape index (κ3) is 11.9. The first kappa shape index (κ1) is 27.1. The van der Waals surface area contributed by atoms with Crippen LogP contribution in [0.1, 0.15) is 84.9 Å². The summed E-state index contributed by atoms with van der Waals surface area (Å²) in [6.45, 7) is 11.4. The van der Waals surface area contributed by atoms with E-state index in [4.69, 9.17) is 4.74 Å². The number of amides is 2. The van der Waals surface area contributed by atoms with Crippen molar-refractivity contribution in [1.82, 2.24) is 10.6 Å². The summed E-state index contributed by atoms with van der Waals surface area (Å²) in [6.07, 6.45) is 4.33. The number of rotatable bonds is 13. The van der Waals surface area contributed by atoms with Crippen molar-refractivity contribution in [2.45, 2.75) is 104 Å². The van der Waals surface area contributed by atoms with Gasteiger partial charge in [-0.3, -0.25) is 9.59 Å². The van der Waals surface area contributed by atoms with E-state index in [0.29, 0.717) is 19.3 Å². The number of nitrogens with one attached hydrogen (secondary N) is 2. The Hall–Kier alpha value is -1.89. The van der Waals surface area contributed by atoms with Crippen LogP contribution in [0.15, 0.2) is 17.5 Å². The number of aryl methyl sites for hydroxylation is 1. The zero-order valence-corrected chi connectivity index (χ0v) is 20.8. The number of unbranched alkanes of at least 4 members (excludes halogenated alkanes) is 1. The van der Waals surface area contributed by atoms with Crippen LogP contribution in [0.25, 0.3) is 0 Å². The fourth-order valence-corrected chi connectivity index (χ4v) is 3.96. The lowest BCUT2D eigenvalue weighted by Crippen LogP contribution is -2.52. The molecule has 31 heavy (non-hydrogen) atoms. The molecule has 0 radical (unpaired) electrons. The minimum absolute atomic E-state index is 0.0546. The molecule has 1 rings (SSSR count). The number of thiophene rings is 1. The van der Waals surface area contributed by atoms with E-state index in [9.17, 15) is 14.4 Å². The molecular weight excluding hydrogens is 412 g/mol. The zero-order chi connectivity index (χ0) is 23.4. The van der Waals surface area contributed by atoms with Gasteiger partial charge in [0.1, 0.15) is 11.6 Å². The molecular formula is C24H40N2O4S. The van der Waals surface area contributed by atoms with Crippen molar-refractivity contribution in [2.75, 3.05) is 0 Å². The molecule has 1 heterocycles. The van der Waals surface area contributed by atoms with Gasteiger partial charge < -0.3 is 15.4 Å². The van der Waals surface area contributed by atoms with Crippen molar-refractivity contribution in [3.05, 3.63) is 22.4 Å². The Kier molecular flexibility index (Phi) is 11.8. The van der Waals surface area contributed by atoms with E-state index >= 15 is 0 Å². The van der Waals surface area contributed by atoms with Crippen molar-refractivity contribution in [2.24, 2.45) is 5.92 Å². The fraction of sp³-hybridized carbons (Fsp3) is 0.708. The monoisotopic (exact) mass is 452 g/mol. The summed E-state index contributed by atoms with van der Waals surface area (Å²) in [5.41, 5.74) is -0.648. The molecule has 176 valence electrons. The number of hydrogen-bond donors (Lipinski definition) is 2. The lowest BCUT2D eigenvalue weighted by atomic mass is 9.99. The average Bonchev–Trinajstić information content (AvgIpc) is 3.15. The molecule has 6 nitrogen and oxygen atoms in total. The van der Waals surface area contributed by atoms with Crippen molar-refractivity contribution in [1.29, 1.82) is 0 Å². The first-order valence-corrected chi connectivity index (χ1v) is 12.2. The summed E-state index contributed by atoms with van der Waals surface area (Å²) in [4.78, 5) is 39.3. The maximum atomic E-state index is 13.0. The third-order valence-corrected chi connectivity index (χ3v) is 5.63. The molecule has 0 aliphatic carbocycles. The molecule has 0 bridgehead atoms. The van der Waals surface area contributed by atoms with Crippen molar-refractivity contribution < 1.29 is 19.1 Å². The van der Waals surface area contributed by atoms with E-state index in [0.717, 1.165) is 25.7 Å². The molecule has 7 heteroatoms. The van der Waals surface area contributed by atoms with Gasteiger partial charge in [0.05, 0.1) is 6.04 Å². The highest BCUT2D eigenvalue weighted by molar-refractivity contribution is 7.09. The Bertz CT molecular complexity index is 680. The topological polar surface area (TPSA) is 84.5 Å². The quantitative estimate of drug-likeness (QED) is 0.428. The van der Waals surface area contributed by atoms with Crippen molar-refractivity contribution in [3.63, 3.8) is 0 Å². The van der Waals surface area contributed by atoms with Crippen LogP contribution in [0.4, 0.5) is 4.79 Å². The van der Waals surface area contributed by atoms with Gasteiger partial charge in [0.15, 0.2) is 5.78 Å². The van der Waals surface area contributed by atoms with Crippen LogP contribution >= 0.6 is 11.3 Å². The van der Waals surface area contributed by atoms with E-state index in [2.05, 4.69) is 23.6 Å². The predicted octanol–water partition coefficient (Wildman–Crippen LogP) is 5.25. The van der Waals surface area contributed by atoms with Crippen LogP contribution in [0.5, 0.6) is 0 Å². The Balaban J connectivity index is 2.74. The van der Waals surface area contributed by atoms with Crippen LogP contribution in [0.2, 0.25) is 0 Å². The van der Waals surface area contributed by atoms with Crippen LogP contribution in [0, 0.1) is 5.92 Å². The summed E-state index contributed by atoms with van der Waals surface area (Å²) < 4.78 is 5.31. The van der Waals surface area contributed by atoms with Gasteiger partial charge in [-0.25, -0.2) is 4.79 Å². The van der Waals surface area contributed by atoms with E-state index in [1.54, 1.807) is 32.1 Å². The summed E-state index contributed by atoms with van der Waals surface area (Å²) >= 11 is 1.69. The molecule has 0 saturated heterocycles. The fourth-order valence-electron chi connectivity index (χ4n) is 3.21. The largest absolute Gasteiger partial charge is 0.444 e. The molecule has 2 unspecified atom stereocenters. The van der Waals surface area contributed by atoms with E-state index in [-0.39, 0.29) is 17.6 Å². The molecule has 0 spiro atoms. The third-order valence-electron chi connectivity index (χ3n) is 4.69. The average molecular weight is 453 g/mol. The number of ketones is 1. The zero-order valence-electron chi connectivity index (χ0n) is 20.0. The number of alkyl carbamates (subject to hydrolysis) is 1. The number of carbonyl (C=O) groups is 3. The van der Waals surface area contributed by atoms with Crippen molar-refractivity contribution >= 4 is 29.1 Å². The number of hydrogen-bond acceptors (Lipinski definition) is 5. The number of Topliss-reactive ketones (excluding diaryl/α,β-unsaturated/α-hetero) is 1. The van der Waals surface area contributed by atoms with Gasteiger partial charge in [-0.15, -0.1) is 11.3 Å². The Morgan fingerprint density at radius 2 is 1.81 bits per heavy atom. The SMILES string of the molecule is CCCCC(NC(=O)C(CC(C)C)NC(=O)OC(C)(C)C)C(=O)CCCc1cccs1. The minimum atomic E-state index is -0.738. The van der Waals surface area contributed by atoms with E-state index in [1.807, 2.05) is 25.3 Å². The second kappa shape index (κ2) is 13.5. The van der Waals surface area contributed by atoms with Gasteiger partial charge in [-0.1, -0.05) is 39.7 Å². The molecule has 2 amide bonds. The molecule has 1 aromatic heterocycles. The summed E-state index contributed by atoms with van der Waals surface area (Å²) in [5, 5.41) is 7.63. The minimum Gasteiger partial charge on any atom is -0.444 e. The van der Waals surface area contributed by atoms with Crippen LogP contribution in [-0.2, 0) is 20.7 Å². The standard InChI is InChI=1S/C24H40N2O4S/c1-7-8-13-19(21(27)14-9-11-18-12-10-15-31-18)25-22(28)20(16-17(2)3)26-23(29)30-24(4,5)6/h10,12,15,17,19-20H,7-9,11,13-14,16H2,1-6H3,(H,25,28)(H,26,29). The molecule has 0 fully saturated rings. The highest BCUT2D eigenvalue weighted by atomic mass is 32.1. The number of carbonyl (C=O) groups excluding carboxylic acids is 3. The molecule has 0 aliphatic heterocycles. The molecule has 0 aromatic carbocycles. The maximum Gasteiger partial charge on any atom is 0.408 e. The van der Waals surface area contributed by atoms with Crippen LogP contribution in [-0.4, -0.2) is 35.5 Å². The van der Waals surface area contributed by atoms with E-state index in [1.165, 1.54) is 4.88 Å². The highest BCUT2D eigenvalue weighted by Crippen LogP contribution is 2.15. The highest BCUT2D eigenvalue weighted by Gasteiger charge is 2.28. The first-order chi connectivity index (χ1) is 14.5. The molecule has 2 atom stereocenters. The Morgan fingerprint density at radius 3 is 2.35 bits per heavy atom. The summed E-state index contributed by atoms with van der Waals surface area (Å²) in [5.74, 6) is -0.0764. The lowest BCUT2D eigenvalue weighted by molar-refractivity contribution is -0.129. The predicted molar refractivity (Wildman–Crippen MR) is 126 cm³/mol. The van der Waals surface area contributed by atoms with Crippen LogP contribution in [0.3, 0.4) is 0 Å². The maximum absolute atomic E-state index is 13.0. The van der Waals surface area contributed by atoms with Gasteiger partial charge >= 0.3 is 6.09 Å². The first-order valence-electron chi connectivity index (χ1n) is 11.4. The van der Waals surface area contributed by atoms with Gasteiger partial charge in [-0.2, -0.15) is 0 Å². The Morgan fingerprint density at radius 1 is 1.10 bits per heavy atom. The molecule has 0 saturated carbocycles. The summed E-state index contributed by atoms with van der Waals surface area (Å²) in [7, 11) is 0. The van der Waals surface area contributed by atoms with Crippen molar-refractivity contribution in [3.8, 4) is 0 Å². The second-order valence-electron chi connectivity index (χ2n) is 9.43.